The van der Waals surface area contributed by atoms with Gasteiger partial charge in [-0.3, -0.25) is 4.79 Å². The fourth-order valence-electron chi connectivity index (χ4n) is 2.23. The van der Waals surface area contributed by atoms with Crippen LogP contribution in [-0.2, 0) is 6.42 Å². The van der Waals surface area contributed by atoms with Crippen LogP contribution in [0.4, 0.5) is 4.39 Å². The van der Waals surface area contributed by atoms with Gasteiger partial charge in [-0.2, -0.15) is 0 Å². The minimum absolute atomic E-state index is 0.0647. The van der Waals surface area contributed by atoms with Gasteiger partial charge >= 0.3 is 0 Å². The van der Waals surface area contributed by atoms with Gasteiger partial charge < -0.3 is 15.8 Å². The molecule has 6 heteroatoms. The SMILES string of the molecule is N[C@@H](CO)CCCc1c(Br)c(F)cc2c(=O)[nH]ccc12. The summed E-state index contributed by atoms with van der Waals surface area (Å²) in [6, 6.07) is 2.74. The van der Waals surface area contributed by atoms with Gasteiger partial charge in [0.05, 0.1) is 16.5 Å². The summed E-state index contributed by atoms with van der Waals surface area (Å²) in [5.41, 5.74) is 6.11. The van der Waals surface area contributed by atoms with Gasteiger partial charge in [0, 0.05) is 12.2 Å². The first-order chi connectivity index (χ1) is 9.54. The molecule has 0 radical (unpaired) electrons. The Kier molecular flexibility index (Phi) is 4.91. The number of aromatic amines is 1. The number of H-pyrrole nitrogens is 1. The van der Waals surface area contributed by atoms with E-state index in [1.165, 1.54) is 6.07 Å². The third-order valence-electron chi connectivity index (χ3n) is 3.31. The maximum absolute atomic E-state index is 13.9. The molecule has 0 amide bonds. The number of aliphatic hydroxyl groups is 1. The Labute approximate surface area is 123 Å². The molecule has 4 N–H and O–H groups in total. The first kappa shape index (κ1) is 15.2. The highest BCUT2D eigenvalue weighted by Gasteiger charge is 2.13. The van der Waals surface area contributed by atoms with Crippen molar-refractivity contribution in [3.05, 3.63) is 44.5 Å². The van der Waals surface area contributed by atoms with Gasteiger partial charge in [0.15, 0.2) is 0 Å². The minimum Gasteiger partial charge on any atom is -0.395 e. The molecule has 0 fully saturated rings. The molecule has 0 bridgehead atoms. The predicted molar refractivity (Wildman–Crippen MR) is 80.2 cm³/mol. The lowest BCUT2D eigenvalue weighted by atomic mass is 10.00. The summed E-state index contributed by atoms with van der Waals surface area (Å²) in [7, 11) is 0. The number of hydrogen-bond acceptors (Lipinski definition) is 3. The zero-order chi connectivity index (χ0) is 14.7. The molecule has 108 valence electrons. The van der Waals surface area contributed by atoms with Gasteiger partial charge in [-0.1, -0.05) is 0 Å². The van der Waals surface area contributed by atoms with E-state index >= 15 is 0 Å². The summed E-state index contributed by atoms with van der Waals surface area (Å²) in [4.78, 5) is 14.3. The number of halogens is 2. The molecular formula is C14H16BrFN2O2. The van der Waals surface area contributed by atoms with Crippen molar-refractivity contribution in [1.29, 1.82) is 0 Å². The first-order valence-electron chi connectivity index (χ1n) is 6.39. The van der Waals surface area contributed by atoms with Crippen LogP contribution in [-0.4, -0.2) is 22.7 Å². The Morgan fingerprint density at radius 2 is 2.20 bits per heavy atom. The Hall–Kier alpha value is -1.24. The average molecular weight is 343 g/mol. The van der Waals surface area contributed by atoms with E-state index in [1.54, 1.807) is 12.3 Å². The third kappa shape index (κ3) is 3.08. The molecule has 1 aromatic heterocycles. The van der Waals surface area contributed by atoms with Crippen LogP contribution in [0.1, 0.15) is 18.4 Å². The fraction of sp³-hybridized carbons (Fsp3) is 0.357. The van der Waals surface area contributed by atoms with Crippen LogP contribution in [0.25, 0.3) is 10.8 Å². The number of benzene rings is 1. The van der Waals surface area contributed by atoms with Crippen LogP contribution < -0.4 is 11.3 Å². The largest absolute Gasteiger partial charge is 0.395 e. The summed E-state index contributed by atoms with van der Waals surface area (Å²) >= 11 is 3.24. The lowest BCUT2D eigenvalue weighted by molar-refractivity contribution is 0.258. The van der Waals surface area contributed by atoms with Crippen molar-refractivity contribution in [1.82, 2.24) is 4.98 Å². The second-order valence-electron chi connectivity index (χ2n) is 4.75. The van der Waals surface area contributed by atoms with Crippen molar-refractivity contribution in [2.24, 2.45) is 5.73 Å². The Morgan fingerprint density at radius 3 is 2.90 bits per heavy atom. The number of aromatic nitrogens is 1. The molecule has 0 spiro atoms. The van der Waals surface area contributed by atoms with Crippen molar-refractivity contribution < 1.29 is 9.50 Å². The van der Waals surface area contributed by atoms with Crippen molar-refractivity contribution in [2.75, 3.05) is 6.61 Å². The molecule has 1 heterocycles. The van der Waals surface area contributed by atoms with E-state index in [9.17, 15) is 9.18 Å². The van der Waals surface area contributed by atoms with E-state index in [0.29, 0.717) is 29.1 Å². The molecule has 0 aliphatic carbocycles. The molecule has 1 aromatic carbocycles. The molecule has 0 unspecified atom stereocenters. The molecule has 1 atom stereocenters. The molecule has 0 saturated heterocycles. The number of hydrogen-bond donors (Lipinski definition) is 3. The summed E-state index contributed by atoms with van der Waals surface area (Å²) < 4.78 is 14.3. The number of rotatable bonds is 5. The van der Waals surface area contributed by atoms with E-state index in [2.05, 4.69) is 20.9 Å². The molecule has 0 aliphatic rings. The van der Waals surface area contributed by atoms with Crippen LogP contribution in [0.2, 0.25) is 0 Å². The van der Waals surface area contributed by atoms with E-state index in [4.69, 9.17) is 10.8 Å². The van der Waals surface area contributed by atoms with Crippen LogP contribution in [0, 0.1) is 5.82 Å². The fourth-order valence-corrected chi connectivity index (χ4v) is 2.75. The molecule has 2 aromatic rings. The lowest BCUT2D eigenvalue weighted by Gasteiger charge is -2.11. The zero-order valence-electron chi connectivity index (χ0n) is 10.8. The number of nitrogens with two attached hydrogens (primary N) is 1. The zero-order valence-corrected chi connectivity index (χ0v) is 12.4. The Balaban J connectivity index is 2.38. The van der Waals surface area contributed by atoms with Crippen LogP contribution in [0.15, 0.2) is 27.6 Å². The van der Waals surface area contributed by atoms with E-state index < -0.39 is 5.82 Å². The van der Waals surface area contributed by atoms with Crippen molar-refractivity contribution in [2.45, 2.75) is 25.3 Å². The molecule has 4 nitrogen and oxygen atoms in total. The van der Waals surface area contributed by atoms with Gasteiger partial charge in [-0.25, -0.2) is 4.39 Å². The van der Waals surface area contributed by atoms with E-state index in [1.807, 2.05) is 0 Å². The normalized spacial score (nSPS) is 12.8. The number of nitrogens with one attached hydrogen (secondary N) is 1. The van der Waals surface area contributed by atoms with Gasteiger partial charge in [0.25, 0.3) is 5.56 Å². The summed E-state index contributed by atoms with van der Waals surface area (Å²) in [5, 5.41) is 9.98. The van der Waals surface area contributed by atoms with Crippen molar-refractivity contribution >= 4 is 26.7 Å². The second kappa shape index (κ2) is 6.47. The van der Waals surface area contributed by atoms with Crippen molar-refractivity contribution in [3.63, 3.8) is 0 Å². The Bertz CT molecular complexity index is 672. The number of aliphatic hydroxyl groups excluding tert-OH is 1. The highest BCUT2D eigenvalue weighted by Crippen LogP contribution is 2.29. The van der Waals surface area contributed by atoms with E-state index in [-0.39, 0.29) is 18.2 Å². The predicted octanol–water partition coefficient (Wildman–Crippen LogP) is 2.07. The third-order valence-corrected chi connectivity index (χ3v) is 4.16. The summed E-state index contributed by atoms with van der Waals surface area (Å²) in [5.74, 6) is -0.448. The quantitative estimate of drug-likeness (QED) is 0.778. The maximum atomic E-state index is 13.9. The summed E-state index contributed by atoms with van der Waals surface area (Å²) in [6.07, 6.45) is 3.50. The lowest BCUT2D eigenvalue weighted by Crippen LogP contribution is -2.24. The molecule has 0 saturated carbocycles. The van der Waals surface area contributed by atoms with Gasteiger partial charge in [-0.05, 0) is 58.3 Å². The second-order valence-corrected chi connectivity index (χ2v) is 5.55. The molecule has 20 heavy (non-hydrogen) atoms. The van der Waals surface area contributed by atoms with Crippen molar-refractivity contribution in [3.8, 4) is 0 Å². The van der Waals surface area contributed by atoms with Crippen LogP contribution >= 0.6 is 15.9 Å². The van der Waals surface area contributed by atoms with Crippen LogP contribution in [0.5, 0.6) is 0 Å². The molecular weight excluding hydrogens is 327 g/mol. The molecule has 2 rings (SSSR count). The van der Waals surface area contributed by atoms with Gasteiger partial charge in [-0.15, -0.1) is 0 Å². The number of fused-ring (bicyclic) bond motifs is 1. The summed E-state index contributed by atoms with van der Waals surface area (Å²) in [6.45, 7) is -0.0647. The van der Waals surface area contributed by atoms with Gasteiger partial charge in [0.1, 0.15) is 5.82 Å². The maximum Gasteiger partial charge on any atom is 0.255 e. The molecule has 0 aliphatic heterocycles. The number of aryl methyl sites for hydroxylation is 1. The highest BCUT2D eigenvalue weighted by atomic mass is 79.9. The highest BCUT2D eigenvalue weighted by molar-refractivity contribution is 9.10. The van der Waals surface area contributed by atoms with E-state index in [0.717, 1.165) is 10.9 Å². The average Bonchev–Trinajstić information content (AvgIpc) is 2.44. The monoisotopic (exact) mass is 342 g/mol. The first-order valence-corrected chi connectivity index (χ1v) is 7.18. The minimum atomic E-state index is -0.448. The smallest absolute Gasteiger partial charge is 0.255 e. The standard InChI is InChI=1S/C14H16BrFN2O2/c15-13-10(3-1-2-8(17)7-19)9-4-5-18-14(20)11(9)6-12(13)16/h4-6,8,19H,1-3,7,17H2,(H,18,20)/t8-/m1/s1. The number of pyridine rings is 1. The Morgan fingerprint density at radius 1 is 1.45 bits per heavy atom. The topological polar surface area (TPSA) is 79.1 Å². The van der Waals surface area contributed by atoms with Crippen LogP contribution in [0.3, 0.4) is 0 Å². The van der Waals surface area contributed by atoms with Gasteiger partial charge in [0.2, 0.25) is 0 Å².